The average Bonchev–Trinajstić information content (AvgIpc) is 2.04. The molecule has 0 amide bonds. The zero-order valence-electron chi connectivity index (χ0n) is 8.16. The Morgan fingerprint density at radius 1 is 1.57 bits per heavy atom. The molecule has 1 aromatic rings. The highest BCUT2D eigenvalue weighted by atomic mass is 35.5. The summed E-state index contributed by atoms with van der Waals surface area (Å²) in [6.45, 7) is 5.69. The first kappa shape index (κ1) is 13.5. The molecule has 0 aliphatic rings. The van der Waals surface area contributed by atoms with Crippen LogP contribution in [0.5, 0.6) is 0 Å². The summed E-state index contributed by atoms with van der Waals surface area (Å²) in [5.74, 6) is 0. The third-order valence-electron chi connectivity index (χ3n) is 2.05. The van der Waals surface area contributed by atoms with Gasteiger partial charge in [-0.2, -0.15) is 0 Å². The van der Waals surface area contributed by atoms with Crippen molar-refractivity contribution in [3.05, 3.63) is 47.0 Å². The second-order valence-corrected chi connectivity index (χ2v) is 3.57. The van der Waals surface area contributed by atoms with Gasteiger partial charge < -0.3 is 5.73 Å². The second-order valence-electron chi connectivity index (χ2n) is 3.13. The molecular formula is C11H15Cl2N. The van der Waals surface area contributed by atoms with Crippen molar-refractivity contribution in [2.24, 2.45) is 5.73 Å². The van der Waals surface area contributed by atoms with E-state index < -0.39 is 0 Å². The molecule has 0 bridgehead atoms. The van der Waals surface area contributed by atoms with Gasteiger partial charge in [0, 0.05) is 11.1 Å². The number of rotatable bonds is 3. The topological polar surface area (TPSA) is 26.0 Å². The van der Waals surface area contributed by atoms with Crippen molar-refractivity contribution in [3.63, 3.8) is 0 Å². The van der Waals surface area contributed by atoms with E-state index in [9.17, 15) is 0 Å². The molecule has 14 heavy (non-hydrogen) atoms. The molecule has 0 saturated carbocycles. The van der Waals surface area contributed by atoms with Crippen LogP contribution in [0.3, 0.4) is 0 Å². The average molecular weight is 232 g/mol. The Labute approximate surface area is 96.4 Å². The molecule has 0 aliphatic carbocycles. The highest BCUT2D eigenvalue weighted by molar-refractivity contribution is 6.30. The van der Waals surface area contributed by atoms with Crippen LogP contribution in [-0.4, -0.2) is 0 Å². The Morgan fingerprint density at radius 2 is 2.21 bits per heavy atom. The molecule has 0 aliphatic heterocycles. The lowest BCUT2D eigenvalue weighted by atomic mass is 10.00. The van der Waals surface area contributed by atoms with Crippen LogP contribution in [0.25, 0.3) is 0 Å². The van der Waals surface area contributed by atoms with E-state index in [4.69, 9.17) is 17.3 Å². The van der Waals surface area contributed by atoms with Crippen LogP contribution in [-0.2, 0) is 0 Å². The molecule has 0 radical (unpaired) electrons. The van der Waals surface area contributed by atoms with E-state index in [1.807, 2.05) is 31.2 Å². The monoisotopic (exact) mass is 231 g/mol. The van der Waals surface area contributed by atoms with Gasteiger partial charge in [-0.3, -0.25) is 0 Å². The fraction of sp³-hybridized carbons (Fsp3) is 0.273. The van der Waals surface area contributed by atoms with Crippen LogP contribution in [0.15, 0.2) is 30.9 Å². The molecule has 2 N–H and O–H groups in total. The molecule has 1 aromatic carbocycles. The van der Waals surface area contributed by atoms with Crippen LogP contribution >= 0.6 is 24.0 Å². The molecule has 0 heterocycles. The number of hydrogen-bond acceptors (Lipinski definition) is 1. The summed E-state index contributed by atoms with van der Waals surface area (Å²) in [6, 6.07) is 5.81. The number of nitrogens with two attached hydrogens (primary N) is 1. The Kier molecular flexibility index (Phi) is 5.86. The van der Waals surface area contributed by atoms with E-state index in [2.05, 4.69) is 6.58 Å². The van der Waals surface area contributed by atoms with E-state index in [0.717, 1.165) is 22.6 Å². The van der Waals surface area contributed by atoms with Gasteiger partial charge in [-0.05, 0) is 36.6 Å². The third-order valence-corrected chi connectivity index (χ3v) is 2.29. The van der Waals surface area contributed by atoms with Gasteiger partial charge in [0.2, 0.25) is 0 Å². The molecule has 0 unspecified atom stereocenters. The molecule has 1 nitrogen and oxygen atoms in total. The quantitative estimate of drug-likeness (QED) is 0.791. The van der Waals surface area contributed by atoms with Gasteiger partial charge in [-0.25, -0.2) is 0 Å². The van der Waals surface area contributed by atoms with Crippen LogP contribution < -0.4 is 5.73 Å². The fourth-order valence-electron chi connectivity index (χ4n) is 1.36. The predicted molar refractivity (Wildman–Crippen MR) is 65.2 cm³/mol. The van der Waals surface area contributed by atoms with Crippen LogP contribution in [0.4, 0.5) is 0 Å². The van der Waals surface area contributed by atoms with Crippen LogP contribution in [0, 0.1) is 6.92 Å². The fourth-order valence-corrected chi connectivity index (χ4v) is 1.59. The summed E-state index contributed by atoms with van der Waals surface area (Å²) in [5.41, 5.74) is 8.23. The maximum atomic E-state index is 5.94. The number of benzene rings is 1. The first-order chi connectivity index (χ1) is 6.15. The van der Waals surface area contributed by atoms with Gasteiger partial charge in [-0.1, -0.05) is 23.7 Å². The highest BCUT2D eigenvalue weighted by Crippen LogP contribution is 2.21. The number of aryl methyl sites for hydroxylation is 1. The van der Waals surface area contributed by atoms with Gasteiger partial charge in [0.1, 0.15) is 0 Å². The van der Waals surface area contributed by atoms with Crippen molar-refractivity contribution in [3.8, 4) is 0 Å². The number of halogens is 2. The first-order valence-corrected chi connectivity index (χ1v) is 4.65. The predicted octanol–water partition coefficient (Wildman–Crippen LogP) is 3.65. The highest BCUT2D eigenvalue weighted by Gasteiger charge is 2.06. The van der Waals surface area contributed by atoms with E-state index >= 15 is 0 Å². The normalized spacial score (nSPS) is 11.6. The minimum atomic E-state index is 0. The summed E-state index contributed by atoms with van der Waals surface area (Å²) in [7, 11) is 0. The smallest absolute Gasteiger partial charge is 0.0408 e. The number of hydrogen-bond donors (Lipinski definition) is 1. The van der Waals surface area contributed by atoms with E-state index in [0.29, 0.717) is 0 Å². The van der Waals surface area contributed by atoms with Crippen molar-refractivity contribution >= 4 is 24.0 Å². The van der Waals surface area contributed by atoms with Gasteiger partial charge in [0.25, 0.3) is 0 Å². The molecule has 1 atom stereocenters. The maximum Gasteiger partial charge on any atom is 0.0408 e. The largest absolute Gasteiger partial charge is 0.324 e. The van der Waals surface area contributed by atoms with Gasteiger partial charge in [-0.15, -0.1) is 19.0 Å². The molecule has 1 rings (SSSR count). The minimum absolute atomic E-state index is 0. The van der Waals surface area contributed by atoms with Crippen molar-refractivity contribution in [1.82, 2.24) is 0 Å². The van der Waals surface area contributed by atoms with Gasteiger partial charge >= 0.3 is 0 Å². The van der Waals surface area contributed by atoms with Crippen molar-refractivity contribution in [2.45, 2.75) is 19.4 Å². The Bertz CT molecular complexity index is 310. The zero-order valence-corrected chi connectivity index (χ0v) is 9.74. The molecule has 3 heteroatoms. The van der Waals surface area contributed by atoms with Gasteiger partial charge in [0.05, 0.1) is 0 Å². The Balaban J connectivity index is 0.00000169. The summed E-state index contributed by atoms with van der Waals surface area (Å²) in [4.78, 5) is 0. The summed E-state index contributed by atoms with van der Waals surface area (Å²) in [6.07, 6.45) is 2.63. The summed E-state index contributed by atoms with van der Waals surface area (Å²) in [5, 5.41) is 0.757. The maximum absolute atomic E-state index is 5.94. The zero-order chi connectivity index (χ0) is 9.84. The summed E-state index contributed by atoms with van der Waals surface area (Å²) < 4.78 is 0. The lowest BCUT2D eigenvalue weighted by molar-refractivity contribution is 0.736. The van der Waals surface area contributed by atoms with Crippen molar-refractivity contribution in [1.29, 1.82) is 0 Å². The standard InChI is InChI=1S/C11H14ClN.ClH/c1-3-4-11(13)10-6-5-9(12)7-8(10)2;/h3,5-7,11H,1,4,13H2,2H3;1H/t11-;/m0./s1. The van der Waals surface area contributed by atoms with E-state index in [1.54, 1.807) is 0 Å². The van der Waals surface area contributed by atoms with Crippen molar-refractivity contribution in [2.75, 3.05) is 0 Å². The second kappa shape index (κ2) is 6.07. The molecule has 78 valence electrons. The lowest BCUT2D eigenvalue weighted by Crippen LogP contribution is -2.10. The third kappa shape index (κ3) is 3.33. The molecule has 0 aromatic heterocycles. The minimum Gasteiger partial charge on any atom is -0.324 e. The van der Waals surface area contributed by atoms with Crippen LogP contribution in [0.2, 0.25) is 5.02 Å². The molecular weight excluding hydrogens is 217 g/mol. The SMILES string of the molecule is C=CC[C@H](N)c1ccc(Cl)cc1C.Cl. The first-order valence-electron chi connectivity index (χ1n) is 4.27. The summed E-state index contributed by atoms with van der Waals surface area (Å²) >= 11 is 5.84. The Morgan fingerprint density at radius 3 is 2.71 bits per heavy atom. The molecule has 0 fully saturated rings. The van der Waals surface area contributed by atoms with Crippen LogP contribution in [0.1, 0.15) is 23.6 Å². The Hall–Kier alpha value is -0.500. The molecule has 0 saturated heterocycles. The van der Waals surface area contributed by atoms with E-state index in [-0.39, 0.29) is 18.4 Å². The van der Waals surface area contributed by atoms with Gasteiger partial charge in [0.15, 0.2) is 0 Å². The molecule has 0 spiro atoms. The lowest BCUT2D eigenvalue weighted by Gasteiger charge is -2.12. The van der Waals surface area contributed by atoms with Crippen molar-refractivity contribution < 1.29 is 0 Å². The van der Waals surface area contributed by atoms with E-state index in [1.165, 1.54) is 0 Å².